The summed E-state index contributed by atoms with van der Waals surface area (Å²) in [5.74, 6) is 2.85. The molecule has 110 valence electrons. The number of nitrogens with two attached hydrogens (primary N) is 1. The molecule has 0 radical (unpaired) electrons. The van der Waals surface area contributed by atoms with E-state index >= 15 is 0 Å². The van der Waals surface area contributed by atoms with E-state index in [4.69, 9.17) is 22.1 Å². The largest absolute Gasteiger partial charge is 0.374 e. The highest BCUT2D eigenvalue weighted by atomic mass is 127. The van der Waals surface area contributed by atoms with Gasteiger partial charge in [-0.3, -0.25) is 0 Å². The highest BCUT2D eigenvalue weighted by Crippen LogP contribution is 2.43. The van der Waals surface area contributed by atoms with E-state index in [1.807, 2.05) is 17.8 Å². The fourth-order valence-corrected chi connectivity index (χ4v) is 5.13. The number of halogens is 2. The minimum atomic E-state index is 0.0656. The topological polar surface area (TPSA) is 35.2 Å². The number of benzene rings is 1. The van der Waals surface area contributed by atoms with E-state index in [0.29, 0.717) is 5.92 Å². The number of hydrogen-bond acceptors (Lipinski definition) is 3. The molecule has 2 nitrogen and oxygen atoms in total. The lowest BCUT2D eigenvalue weighted by Crippen LogP contribution is -2.42. The smallest absolute Gasteiger partial charge is 0.0783 e. The first kappa shape index (κ1) is 15.4. The molecular formula is C15H19ClINOS. The third kappa shape index (κ3) is 3.14. The Morgan fingerprint density at radius 3 is 3.05 bits per heavy atom. The molecule has 0 amide bonds. The van der Waals surface area contributed by atoms with Gasteiger partial charge in [-0.2, -0.15) is 11.8 Å². The van der Waals surface area contributed by atoms with Gasteiger partial charge in [-0.1, -0.05) is 17.7 Å². The van der Waals surface area contributed by atoms with Crippen LogP contribution in [0.1, 0.15) is 30.9 Å². The summed E-state index contributed by atoms with van der Waals surface area (Å²) < 4.78 is 7.16. The molecular weight excluding hydrogens is 405 g/mol. The quantitative estimate of drug-likeness (QED) is 0.722. The first-order chi connectivity index (χ1) is 9.60. The van der Waals surface area contributed by atoms with Crippen molar-refractivity contribution in [2.75, 3.05) is 18.1 Å². The number of hydrogen-bond donors (Lipinski definition) is 1. The summed E-state index contributed by atoms with van der Waals surface area (Å²) in [6, 6.07) is 6.26. The van der Waals surface area contributed by atoms with E-state index in [2.05, 4.69) is 34.7 Å². The van der Waals surface area contributed by atoms with Crippen LogP contribution >= 0.6 is 46.0 Å². The molecule has 2 saturated heterocycles. The van der Waals surface area contributed by atoms with Crippen LogP contribution in [0.15, 0.2) is 18.2 Å². The Morgan fingerprint density at radius 2 is 2.35 bits per heavy atom. The number of rotatable bonds is 2. The molecule has 2 aliphatic heterocycles. The van der Waals surface area contributed by atoms with Crippen molar-refractivity contribution < 1.29 is 4.74 Å². The van der Waals surface area contributed by atoms with Crippen molar-refractivity contribution >= 4 is 46.0 Å². The average Bonchev–Trinajstić information content (AvgIpc) is 2.89. The highest BCUT2D eigenvalue weighted by molar-refractivity contribution is 14.1. The highest BCUT2D eigenvalue weighted by Gasteiger charge is 2.42. The van der Waals surface area contributed by atoms with Crippen LogP contribution in [0.4, 0.5) is 0 Å². The van der Waals surface area contributed by atoms with Crippen molar-refractivity contribution in [2.24, 2.45) is 11.7 Å². The summed E-state index contributed by atoms with van der Waals surface area (Å²) in [7, 11) is 0. The normalized spacial score (nSPS) is 31.6. The molecule has 2 N–H and O–H groups in total. The SMILES string of the molecule is NC(c1ccc(I)c(Cl)c1)C1CCOC2(CCSC2)C1. The molecule has 2 fully saturated rings. The molecule has 3 unspecified atom stereocenters. The predicted octanol–water partition coefficient (Wildman–Crippen LogP) is 4.25. The van der Waals surface area contributed by atoms with Crippen molar-refractivity contribution in [1.29, 1.82) is 0 Å². The van der Waals surface area contributed by atoms with E-state index in [0.717, 1.165) is 39.4 Å². The summed E-state index contributed by atoms with van der Waals surface area (Å²) in [5, 5.41) is 0.803. The molecule has 1 aromatic carbocycles. The van der Waals surface area contributed by atoms with Gasteiger partial charge < -0.3 is 10.5 Å². The molecule has 2 aliphatic rings. The van der Waals surface area contributed by atoms with E-state index in [-0.39, 0.29) is 11.6 Å². The van der Waals surface area contributed by atoms with Crippen molar-refractivity contribution in [2.45, 2.75) is 30.9 Å². The van der Waals surface area contributed by atoms with Gasteiger partial charge in [0.25, 0.3) is 0 Å². The van der Waals surface area contributed by atoms with E-state index in [1.165, 1.54) is 12.2 Å². The Labute approximate surface area is 143 Å². The van der Waals surface area contributed by atoms with Crippen molar-refractivity contribution in [3.8, 4) is 0 Å². The molecule has 2 heterocycles. The standard InChI is InChI=1S/C15H19ClINOS/c16-12-7-10(1-2-13(12)17)14(18)11-3-5-19-15(8-11)4-6-20-9-15/h1-2,7,11,14H,3-6,8-9,18H2. The van der Waals surface area contributed by atoms with Gasteiger partial charge in [0.05, 0.1) is 10.6 Å². The van der Waals surface area contributed by atoms with Crippen molar-refractivity contribution in [3.63, 3.8) is 0 Å². The predicted molar refractivity (Wildman–Crippen MR) is 94.4 cm³/mol. The molecule has 20 heavy (non-hydrogen) atoms. The van der Waals surface area contributed by atoms with Crippen LogP contribution in [0.3, 0.4) is 0 Å². The lowest BCUT2D eigenvalue weighted by atomic mass is 9.79. The van der Waals surface area contributed by atoms with E-state index in [9.17, 15) is 0 Å². The van der Waals surface area contributed by atoms with Crippen LogP contribution in [0.25, 0.3) is 0 Å². The fraction of sp³-hybridized carbons (Fsp3) is 0.600. The maximum atomic E-state index is 6.52. The molecule has 3 atom stereocenters. The number of ether oxygens (including phenoxy) is 1. The maximum Gasteiger partial charge on any atom is 0.0783 e. The van der Waals surface area contributed by atoms with Crippen LogP contribution < -0.4 is 5.73 Å². The van der Waals surface area contributed by atoms with Gasteiger partial charge in [-0.25, -0.2) is 0 Å². The van der Waals surface area contributed by atoms with Gasteiger partial charge in [0, 0.05) is 22.0 Å². The Kier molecular flexibility index (Phi) is 4.87. The van der Waals surface area contributed by atoms with Crippen LogP contribution in [-0.2, 0) is 4.74 Å². The summed E-state index contributed by atoms with van der Waals surface area (Å²) in [5.41, 5.74) is 7.77. The minimum Gasteiger partial charge on any atom is -0.374 e. The Hall–Kier alpha value is 0.510. The van der Waals surface area contributed by atoms with Crippen molar-refractivity contribution in [3.05, 3.63) is 32.4 Å². The first-order valence-corrected chi connectivity index (χ1v) is 9.63. The van der Waals surface area contributed by atoms with Crippen LogP contribution in [0.2, 0.25) is 5.02 Å². The van der Waals surface area contributed by atoms with Gasteiger partial charge in [-0.15, -0.1) is 0 Å². The zero-order valence-corrected chi connectivity index (χ0v) is 15.0. The number of thioether (sulfide) groups is 1. The third-order valence-electron chi connectivity index (χ3n) is 4.43. The first-order valence-electron chi connectivity index (χ1n) is 7.02. The minimum absolute atomic E-state index is 0.0656. The second kappa shape index (κ2) is 6.32. The monoisotopic (exact) mass is 423 g/mol. The van der Waals surface area contributed by atoms with Gasteiger partial charge in [0.1, 0.15) is 0 Å². The van der Waals surface area contributed by atoms with Crippen molar-refractivity contribution in [1.82, 2.24) is 0 Å². The summed E-state index contributed by atoms with van der Waals surface area (Å²) in [4.78, 5) is 0. The Morgan fingerprint density at radius 1 is 1.50 bits per heavy atom. The molecule has 0 aromatic heterocycles. The molecule has 0 bridgehead atoms. The molecule has 1 spiro atoms. The van der Waals surface area contributed by atoms with E-state index < -0.39 is 0 Å². The summed E-state index contributed by atoms with van der Waals surface area (Å²) in [6.45, 7) is 0.844. The molecule has 0 saturated carbocycles. The lowest BCUT2D eigenvalue weighted by molar-refractivity contribution is -0.0834. The summed E-state index contributed by atoms with van der Waals surface area (Å²) in [6.07, 6.45) is 3.32. The van der Waals surface area contributed by atoms with Crippen LogP contribution in [0, 0.1) is 9.49 Å². The average molecular weight is 424 g/mol. The fourth-order valence-electron chi connectivity index (χ4n) is 3.23. The van der Waals surface area contributed by atoms with Gasteiger partial charge in [0.2, 0.25) is 0 Å². The molecule has 1 aromatic rings. The van der Waals surface area contributed by atoms with E-state index in [1.54, 1.807) is 0 Å². The van der Waals surface area contributed by atoms with Gasteiger partial charge in [-0.05, 0) is 71.2 Å². The summed E-state index contributed by atoms with van der Waals surface area (Å²) >= 11 is 10.5. The lowest BCUT2D eigenvalue weighted by Gasteiger charge is -2.40. The van der Waals surface area contributed by atoms with Crippen LogP contribution in [0.5, 0.6) is 0 Å². The zero-order chi connectivity index (χ0) is 14.2. The van der Waals surface area contributed by atoms with Gasteiger partial charge in [0.15, 0.2) is 0 Å². The Balaban J connectivity index is 1.75. The molecule has 5 heteroatoms. The molecule has 3 rings (SSSR count). The maximum absolute atomic E-state index is 6.52. The van der Waals surface area contributed by atoms with Gasteiger partial charge >= 0.3 is 0 Å². The Bertz CT molecular complexity index is 493. The third-order valence-corrected chi connectivity index (χ3v) is 7.23. The second-order valence-electron chi connectivity index (χ2n) is 5.79. The van der Waals surface area contributed by atoms with Crippen LogP contribution in [-0.4, -0.2) is 23.7 Å². The zero-order valence-electron chi connectivity index (χ0n) is 11.3. The molecule has 0 aliphatic carbocycles. The second-order valence-corrected chi connectivity index (χ2v) is 8.46.